The fourth-order valence-corrected chi connectivity index (χ4v) is 4.47. The van der Waals surface area contributed by atoms with Crippen molar-refractivity contribution in [1.29, 1.82) is 0 Å². The number of aromatic nitrogens is 1. The molecule has 2 N–H and O–H groups in total. The molecule has 1 aliphatic rings. The maximum absolute atomic E-state index is 15.9. The summed E-state index contributed by atoms with van der Waals surface area (Å²) in [6.07, 6.45) is 2.44. The molecule has 2 unspecified atom stereocenters. The van der Waals surface area contributed by atoms with Crippen LogP contribution in [0, 0.1) is 11.6 Å². The molecule has 0 radical (unpaired) electrons. The summed E-state index contributed by atoms with van der Waals surface area (Å²) >= 11 is 0. The number of carbonyl (C=O) groups is 2. The van der Waals surface area contributed by atoms with E-state index in [0.29, 0.717) is 34.4 Å². The summed E-state index contributed by atoms with van der Waals surface area (Å²) in [6, 6.07) is 13.6. The number of benzene rings is 2. The van der Waals surface area contributed by atoms with Gasteiger partial charge >= 0.3 is 0 Å². The molecule has 2 atom stereocenters. The van der Waals surface area contributed by atoms with Crippen molar-refractivity contribution in [2.75, 3.05) is 6.54 Å². The van der Waals surface area contributed by atoms with E-state index in [-0.39, 0.29) is 24.0 Å². The van der Waals surface area contributed by atoms with E-state index >= 15 is 4.39 Å². The topological polar surface area (TPSA) is 71.1 Å². The minimum Gasteiger partial charge on any atom is -0.341 e. The SMILES string of the molecule is CC(C)c1ccc(C(NC(=O)C2CCCN2)C(=O)Cc2ccc(F)cn2)c(-c2ccccc2)c1F. The summed E-state index contributed by atoms with van der Waals surface area (Å²) in [7, 11) is 0. The van der Waals surface area contributed by atoms with E-state index in [0.717, 1.165) is 19.2 Å². The van der Waals surface area contributed by atoms with E-state index in [1.807, 2.05) is 19.9 Å². The zero-order chi connectivity index (χ0) is 24.9. The average molecular weight is 478 g/mol. The zero-order valence-electron chi connectivity index (χ0n) is 19.9. The maximum Gasteiger partial charge on any atom is 0.237 e. The van der Waals surface area contributed by atoms with Crippen LogP contribution in [0.3, 0.4) is 0 Å². The Bertz CT molecular complexity index is 1190. The second-order valence-electron chi connectivity index (χ2n) is 9.16. The third kappa shape index (κ3) is 5.62. The van der Waals surface area contributed by atoms with Crippen LogP contribution in [0.4, 0.5) is 8.78 Å². The Labute approximate surface area is 204 Å². The number of Topliss-reactive ketones (excluding diaryl/α,β-unsaturated/α-hetero) is 1. The molecule has 1 aliphatic heterocycles. The molecule has 7 heteroatoms. The van der Waals surface area contributed by atoms with E-state index < -0.39 is 23.7 Å². The highest BCUT2D eigenvalue weighted by atomic mass is 19.1. The van der Waals surface area contributed by atoms with Gasteiger partial charge < -0.3 is 10.6 Å². The Morgan fingerprint density at radius 2 is 1.80 bits per heavy atom. The van der Waals surface area contributed by atoms with E-state index in [1.54, 1.807) is 36.4 Å². The van der Waals surface area contributed by atoms with Gasteiger partial charge in [0.2, 0.25) is 5.91 Å². The lowest BCUT2D eigenvalue weighted by Gasteiger charge is -2.24. The molecule has 1 saturated heterocycles. The molecule has 35 heavy (non-hydrogen) atoms. The number of halogens is 2. The van der Waals surface area contributed by atoms with Crippen molar-refractivity contribution in [2.45, 2.75) is 51.1 Å². The molecular formula is C28H29F2N3O2. The number of rotatable bonds is 8. The first-order valence-electron chi connectivity index (χ1n) is 11.9. The Kier molecular flexibility index (Phi) is 7.66. The van der Waals surface area contributed by atoms with Gasteiger partial charge in [-0.3, -0.25) is 14.6 Å². The lowest BCUT2D eigenvalue weighted by molar-refractivity contribution is -0.128. The van der Waals surface area contributed by atoms with Crippen LogP contribution in [-0.2, 0) is 16.0 Å². The summed E-state index contributed by atoms with van der Waals surface area (Å²) < 4.78 is 29.2. The van der Waals surface area contributed by atoms with Gasteiger partial charge in [0, 0.05) is 11.3 Å². The summed E-state index contributed by atoms with van der Waals surface area (Å²) in [5, 5.41) is 6.01. The molecule has 1 aromatic heterocycles. The number of ketones is 1. The van der Waals surface area contributed by atoms with Crippen molar-refractivity contribution in [3.8, 4) is 11.1 Å². The quantitative estimate of drug-likeness (QED) is 0.486. The number of amides is 1. The number of hydrogen-bond acceptors (Lipinski definition) is 4. The molecule has 1 amide bonds. The van der Waals surface area contributed by atoms with Crippen LogP contribution in [0.15, 0.2) is 60.8 Å². The number of nitrogens with zero attached hydrogens (tertiary/aromatic N) is 1. The number of pyridine rings is 1. The molecule has 3 aromatic rings. The monoisotopic (exact) mass is 477 g/mol. The van der Waals surface area contributed by atoms with Crippen molar-refractivity contribution < 1.29 is 18.4 Å². The normalized spacial score (nSPS) is 16.3. The van der Waals surface area contributed by atoms with Gasteiger partial charge in [-0.15, -0.1) is 0 Å². The van der Waals surface area contributed by atoms with Crippen molar-refractivity contribution in [3.63, 3.8) is 0 Å². The summed E-state index contributed by atoms with van der Waals surface area (Å²) in [6.45, 7) is 4.54. The first-order chi connectivity index (χ1) is 16.8. The van der Waals surface area contributed by atoms with Crippen LogP contribution in [0.5, 0.6) is 0 Å². The van der Waals surface area contributed by atoms with Crippen molar-refractivity contribution in [3.05, 3.63) is 89.2 Å². The van der Waals surface area contributed by atoms with Crippen LogP contribution in [0.2, 0.25) is 0 Å². The number of nitrogens with one attached hydrogen (secondary N) is 2. The van der Waals surface area contributed by atoms with Crippen molar-refractivity contribution in [2.24, 2.45) is 0 Å². The fourth-order valence-electron chi connectivity index (χ4n) is 4.47. The van der Waals surface area contributed by atoms with Gasteiger partial charge in [-0.25, -0.2) is 8.78 Å². The Morgan fingerprint density at radius 1 is 1.06 bits per heavy atom. The number of hydrogen-bond donors (Lipinski definition) is 2. The van der Waals surface area contributed by atoms with E-state index in [4.69, 9.17) is 0 Å². The molecular weight excluding hydrogens is 448 g/mol. The van der Waals surface area contributed by atoms with Crippen molar-refractivity contribution in [1.82, 2.24) is 15.6 Å². The van der Waals surface area contributed by atoms with Crippen LogP contribution in [0.25, 0.3) is 11.1 Å². The lowest BCUT2D eigenvalue weighted by atomic mass is 9.87. The van der Waals surface area contributed by atoms with E-state index in [9.17, 15) is 14.0 Å². The summed E-state index contributed by atoms with van der Waals surface area (Å²) in [5.41, 5.74) is 2.20. The molecule has 0 spiro atoms. The third-order valence-corrected chi connectivity index (χ3v) is 6.33. The highest BCUT2D eigenvalue weighted by Gasteiger charge is 2.31. The average Bonchev–Trinajstić information content (AvgIpc) is 3.39. The molecule has 2 heterocycles. The van der Waals surface area contributed by atoms with E-state index in [2.05, 4.69) is 15.6 Å². The van der Waals surface area contributed by atoms with Gasteiger partial charge in [-0.1, -0.05) is 56.3 Å². The predicted octanol–water partition coefficient (Wildman–Crippen LogP) is 4.87. The first kappa shape index (κ1) is 24.7. The first-order valence-corrected chi connectivity index (χ1v) is 11.9. The van der Waals surface area contributed by atoms with Crippen LogP contribution in [-0.4, -0.2) is 29.3 Å². The molecule has 4 rings (SSSR count). The molecule has 0 bridgehead atoms. The van der Waals surface area contributed by atoms with Gasteiger partial charge in [0.15, 0.2) is 5.78 Å². The Morgan fingerprint density at radius 3 is 2.43 bits per heavy atom. The molecule has 5 nitrogen and oxygen atoms in total. The molecule has 0 aliphatic carbocycles. The lowest BCUT2D eigenvalue weighted by Crippen LogP contribution is -2.44. The van der Waals surface area contributed by atoms with Crippen LogP contribution >= 0.6 is 0 Å². The minimum atomic E-state index is -1.09. The maximum atomic E-state index is 15.9. The van der Waals surface area contributed by atoms with Crippen LogP contribution < -0.4 is 10.6 Å². The van der Waals surface area contributed by atoms with Gasteiger partial charge in [0.25, 0.3) is 0 Å². The third-order valence-electron chi connectivity index (χ3n) is 6.33. The van der Waals surface area contributed by atoms with Crippen LogP contribution in [0.1, 0.15) is 55.5 Å². The van der Waals surface area contributed by atoms with Crippen molar-refractivity contribution >= 4 is 11.7 Å². The summed E-state index contributed by atoms with van der Waals surface area (Å²) in [5.74, 6) is -1.64. The smallest absolute Gasteiger partial charge is 0.237 e. The standard InChI is InChI=1S/C28H29F2N3O2/c1-17(2)21-12-13-22(25(26(21)30)18-7-4-3-5-8-18)27(33-28(35)23-9-6-14-31-23)24(34)15-20-11-10-19(29)16-32-20/h3-5,7-8,10-13,16-17,23,27,31H,6,9,14-15H2,1-2H3,(H,33,35). The largest absolute Gasteiger partial charge is 0.341 e. The molecule has 2 aromatic carbocycles. The Balaban J connectivity index is 1.79. The zero-order valence-corrected chi connectivity index (χ0v) is 19.9. The second-order valence-corrected chi connectivity index (χ2v) is 9.16. The van der Waals surface area contributed by atoms with E-state index in [1.165, 1.54) is 12.1 Å². The fraction of sp³-hybridized carbons (Fsp3) is 0.321. The summed E-state index contributed by atoms with van der Waals surface area (Å²) in [4.78, 5) is 30.6. The minimum absolute atomic E-state index is 0.0682. The van der Waals surface area contributed by atoms with Gasteiger partial charge in [0.1, 0.15) is 17.7 Å². The van der Waals surface area contributed by atoms with Gasteiger partial charge in [-0.05, 0) is 54.1 Å². The highest BCUT2D eigenvalue weighted by Crippen LogP contribution is 2.36. The molecule has 1 fully saturated rings. The van der Waals surface area contributed by atoms with Gasteiger partial charge in [-0.2, -0.15) is 0 Å². The Hall–Kier alpha value is -3.45. The number of carbonyl (C=O) groups excluding carboxylic acids is 2. The molecule has 182 valence electrons. The molecule has 0 saturated carbocycles. The van der Waals surface area contributed by atoms with Gasteiger partial charge in [0.05, 0.1) is 18.7 Å². The second kappa shape index (κ2) is 10.9. The highest BCUT2D eigenvalue weighted by molar-refractivity contribution is 5.94. The predicted molar refractivity (Wildman–Crippen MR) is 131 cm³/mol.